The Labute approximate surface area is 144 Å². The molecule has 0 unspecified atom stereocenters. The topological polar surface area (TPSA) is 74.8 Å². The third-order valence-corrected chi connectivity index (χ3v) is 3.72. The third kappa shape index (κ3) is 6.89. The van der Waals surface area contributed by atoms with Gasteiger partial charge in [0.1, 0.15) is 5.75 Å². The fourth-order valence-corrected chi connectivity index (χ4v) is 2.18. The molecule has 0 saturated heterocycles. The van der Waals surface area contributed by atoms with Gasteiger partial charge in [-0.1, -0.05) is 25.5 Å². The molecule has 1 aliphatic rings. The highest BCUT2D eigenvalue weighted by atomic mass is 16.5. The van der Waals surface area contributed by atoms with E-state index in [4.69, 9.17) is 4.74 Å². The zero-order valence-electron chi connectivity index (χ0n) is 14.6. The first-order valence-corrected chi connectivity index (χ1v) is 8.67. The maximum absolute atomic E-state index is 11.7. The molecule has 0 spiro atoms. The van der Waals surface area contributed by atoms with Crippen molar-refractivity contribution < 1.29 is 9.53 Å². The first-order chi connectivity index (χ1) is 11.7. The lowest BCUT2D eigenvalue weighted by atomic mass is 10.2. The predicted molar refractivity (Wildman–Crippen MR) is 96.2 cm³/mol. The summed E-state index contributed by atoms with van der Waals surface area (Å²) in [5.74, 6) is 1.44. The summed E-state index contributed by atoms with van der Waals surface area (Å²) in [5.41, 5.74) is 1.08. The van der Waals surface area contributed by atoms with E-state index in [0.29, 0.717) is 18.3 Å². The number of carbonyl (C=O) groups is 1. The van der Waals surface area contributed by atoms with Crippen molar-refractivity contribution in [3.8, 4) is 5.75 Å². The van der Waals surface area contributed by atoms with Crippen LogP contribution in [0.5, 0.6) is 5.75 Å². The van der Waals surface area contributed by atoms with Crippen LogP contribution in [0.1, 0.15) is 38.2 Å². The molecule has 0 atom stereocenters. The number of nitrogens with one attached hydrogen (secondary N) is 3. The zero-order chi connectivity index (χ0) is 17.2. The van der Waals surface area contributed by atoms with Crippen LogP contribution < -0.4 is 20.7 Å². The van der Waals surface area contributed by atoms with E-state index in [9.17, 15) is 4.79 Å². The number of hydrogen-bond donors (Lipinski definition) is 3. The van der Waals surface area contributed by atoms with Crippen LogP contribution in [0.2, 0.25) is 0 Å². The SMILES string of the molecule is CCCCNC(=NC)NCc1cccc(OCC(=O)NC2CC2)c1. The molecular weight excluding hydrogens is 304 g/mol. The Morgan fingerprint density at radius 1 is 1.33 bits per heavy atom. The van der Waals surface area contributed by atoms with Crippen LogP contribution in [0.3, 0.4) is 0 Å². The Kier molecular flexibility index (Phi) is 7.39. The van der Waals surface area contributed by atoms with Gasteiger partial charge in [0.2, 0.25) is 0 Å². The number of nitrogens with zero attached hydrogens (tertiary/aromatic N) is 1. The number of benzene rings is 1. The number of amides is 1. The Morgan fingerprint density at radius 3 is 2.88 bits per heavy atom. The van der Waals surface area contributed by atoms with Crippen LogP contribution in [-0.2, 0) is 11.3 Å². The van der Waals surface area contributed by atoms with Gasteiger partial charge in [0.25, 0.3) is 5.91 Å². The van der Waals surface area contributed by atoms with Crippen molar-refractivity contribution in [2.45, 2.75) is 45.2 Å². The maximum Gasteiger partial charge on any atom is 0.258 e. The highest BCUT2D eigenvalue weighted by Crippen LogP contribution is 2.18. The molecule has 1 fully saturated rings. The monoisotopic (exact) mass is 332 g/mol. The zero-order valence-corrected chi connectivity index (χ0v) is 14.6. The van der Waals surface area contributed by atoms with Crippen molar-refractivity contribution in [3.05, 3.63) is 29.8 Å². The van der Waals surface area contributed by atoms with Gasteiger partial charge < -0.3 is 20.7 Å². The van der Waals surface area contributed by atoms with Crippen LogP contribution in [0.4, 0.5) is 0 Å². The summed E-state index contributed by atoms with van der Waals surface area (Å²) in [6, 6.07) is 8.12. The van der Waals surface area contributed by atoms with E-state index < -0.39 is 0 Å². The molecule has 1 aromatic carbocycles. The first kappa shape index (κ1) is 18.1. The van der Waals surface area contributed by atoms with Gasteiger partial charge in [-0.2, -0.15) is 0 Å². The lowest BCUT2D eigenvalue weighted by Crippen LogP contribution is -2.37. The molecule has 0 radical (unpaired) electrons. The summed E-state index contributed by atoms with van der Waals surface area (Å²) in [5, 5.41) is 9.46. The number of rotatable bonds is 9. The molecule has 132 valence electrons. The summed E-state index contributed by atoms with van der Waals surface area (Å²) >= 11 is 0. The van der Waals surface area contributed by atoms with Crippen LogP contribution in [0.15, 0.2) is 29.3 Å². The van der Waals surface area contributed by atoms with Gasteiger partial charge in [-0.05, 0) is 37.0 Å². The fourth-order valence-electron chi connectivity index (χ4n) is 2.18. The fraction of sp³-hybridized carbons (Fsp3) is 0.556. The van der Waals surface area contributed by atoms with Crippen molar-refractivity contribution in [1.82, 2.24) is 16.0 Å². The minimum Gasteiger partial charge on any atom is -0.484 e. The molecule has 0 bridgehead atoms. The highest BCUT2D eigenvalue weighted by molar-refractivity contribution is 5.79. The molecule has 1 saturated carbocycles. The Bertz CT molecular complexity index is 556. The Balaban J connectivity index is 1.75. The quantitative estimate of drug-likeness (QED) is 0.366. The number of guanidine groups is 1. The largest absolute Gasteiger partial charge is 0.484 e. The van der Waals surface area contributed by atoms with Crippen molar-refractivity contribution in [3.63, 3.8) is 0 Å². The summed E-state index contributed by atoms with van der Waals surface area (Å²) in [7, 11) is 1.76. The van der Waals surface area contributed by atoms with Crippen molar-refractivity contribution >= 4 is 11.9 Å². The smallest absolute Gasteiger partial charge is 0.258 e. The van der Waals surface area contributed by atoms with Gasteiger partial charge in [-0.15, -0.1) is 0 Å². The predicted octanol–water partition coefficient (Wildman–Crippen LogP) is 1.81. The highest BCUT2D eigenvalue weighted by Gasteiger charge is 2.23. The van der Waals surface area contributed by atoms with Gasteiger partial charge >= 0.3 is 0 Å². The number of ether oxygens (including phenoxy) is 1. The second-order valence-electron chi connectivity index (χ2n) is 5.98. The van der Waals surface area contributed by atoms with E-state index in [1.165, 1.54) is 0 Å². The molecule has 24 heavy (non-hydrogen) atoms. The molecule has 6 nitrogen and oxygen atoms in total. The second kappa shape index (κ2) is 9.80. The van der Waals surface area contributed by atoms with E-state index in [0.717, 1.165) is 43.8 Å². The lowest BCUT2D eigenvalue weighted by Gasteiger charge is -2.12. The first-order valence-electron chi connectivity index (χ1n) is 8.67. The van der Waals surface area contributed by atoms with Crippen molar-refractivity contribution in [2.24, 2.45) is 4.99 Å². The molecule has 1 amide bonds. The van der Waals surface area contributed by atoms with Crippen LogP contribution in [0.25, 0.3) is 0 Å². The molecule has 1 aromatic rings. The number of carbonyl (C=O) groups excluding carboxylic acids is 1. The maximum atomic E-state index is 11.7. The van der Waals surface area contributed by atoms with Crippen LogP contribution >= 0.6 is 0 Å². The molecule has 0 aromatic heterocycles. The second-order valence-corrected chi connectivity index (χ2v) is 5.98. The Hall–Kier alpha value is -2.24. The minimum atomic E-state index is -0.0541. The van der Waals surface area contributed by atoms with E-state index in [1.807, 2.05) is 24.3 Å². The minimum absolute atomic E-state index is 0.0541. The summed E-state index contributed by atoms with van der Waals surface area (Å²) in [4.78, 5) is 15.9. The number of aliphatic imine (C=N–C) groups is 1. The molecule has 0 heterocycles. The van der Waals surface area contributed by atoms with Gasteiger partial charge in [0, 0.05) is 26.2 Å². The molecular formula is C18H28N4O2. The molecule has 2 rings (SSSR count). The van der Waals surface area contributed by atoms with E-state index in [1.54, 1.807) is 7.05 Å². The summed E-state index contributed by atoms with van der Waals surface area (Å²) in [6.45, 7) is 3.79. The average Bonchev–Trinajstić information content (AvgIpc) is 3.40. The number of unbranched alkanes of at least 4 members (excludes halogenated alkanes) is 1. The molecule has 6 heteroatoms. The van der Waals surface area contributed by atoms with E-state index >= 15 is 0 Å². The standard InChI is InChI=1S/C18H28N4O2/c1-3-4-10-20-18(19-2)21-12-14-6-5-7-16(11-14)24-13-17(23)22-15-8-9-15/h5-7,11,15H,3-4,8-10,12-13H2,1-2H3,(H,22,23)(H2,19,20,21). The van der Waals surface area contributed by atoms with Crippen LogP contribution in [0, 0.1) is 0 Å². The Morgan fingerprint density at radius 2 is 2.17 bits per heavy atom. The van der Waals surface area contributed by atoms with E-state index in [-0.39, 0.29) is 12.5 Å². The average molecular weight is 332 g/mol. The van der Waals surface area contributed by atoms with Crippen LogP contribution in [-0.4, -0.2) is 38.1 Å². The van der Waals surface area contributed by atoms with Gasteiger partial charge in [0.05, 0.1) is 0 Å². The van der Waals surface area contributed by atoms with Gasteiger partial charge in [0.15, 0.2) is 12.6 Å². The van der Waals surface area contributed by atoms with Gasteiger partial charge in [-0.3, -0.25) is 9.79 Å². The molecule has 1 aliphatic carbocycles. The third-order valence-electron chi connectivity index (χ3n) is 3.72. The van der Waals surface area contributed by atoms with E-state index in [2.05, 4.69) is 27.9 Å². The van der Waals surface area contributed by atoms with Gasteiger partial charge in [-0.25, -0.2) is 0 Å². The molecule has 0 aliphatic heterocycles. The molecule has 3 N–H and O–H groups in total. The van der Waals surface area contributed by atoms with Crippen molar-refractivity contribution in [2.75, 3.05) is 20.2 Å². The summed E-state index contributed by atoms with van der Waals surface area (Å²) in [6.07, 6.45) is 4.44. The van der Waals surface area contributed by atoms with Crippen molar-refractivity contribution in [1.29, 1.82) is 0 Å². The normalized spacial score (nSPS) is 14.2. The summed E-state index contributed by atoms with van der Waals surface area (Å²) < 4.78 is 5.56. The lowest BCUT2D eigenvalue weighted by molar-refractivity contribution is -0.123. The number of hydrogen-bond acceptors (Lipinski definition) is 3.